The molecule has 0 heterocycles. The largest absolute Gasteiger partial charge is 0.466 e. The molecule has 0 saturated carbocycles. The molecule has 0 spiro atoms. The van der Waals surface area contributed by atoms with Gasteiger partial charge < -0.3 is 15.2 Å². The van der Waals surface area contributed by atoms with E-state index in [-0.39, 0.29) is 12.4 Å². The van der Waals surface area contributed by atoms with Gasteiger partial charge in [0.15, 0.2) is 0 Å². The van der Waals surface area contributed by atoms with Crippen LogP contribution in [0.1, 0.15) is 45.3 Å². The van der Waals surface area contributed by atoms with Crippen molar-refractivity contribution >= 4 is 27.9 Å². The Labute approximate surface area is 165 Å². The van der Waals surface area contributed by atoms with Gasteiger partial charge >= 0.3 is 12.1 Å². The number of rotatable bonds is 9. The van der Waals surface area contributed by atoms with Crippen LogP contribution < -0.4 is 10.5 Å². The Hall–Kier alpha value is -2.46. The number of amides is 2. The number of carbonyl (C=O) groups excluding carboxylic acids is 3. The van der Waals surface area contributed by atoms with Crippen molar-refractivity contribution in [2.24, 2.45) is 10.1 Å². The molecule has 1 aromatic carbocycles. The first-order valence-corrected chi connectivity index (χ1v) is 10.5. The third-order valence-electron chi connectivity index (χ3n) is 3.54. The van der Waals surface area contributed by atoms with E-state index in [4.69, 9.17) is 15.2 Å². The van der Waals surface area contributed by atoms with Gasteiger partial charge in [-0.15, -0.1) is 4.36 Å². The number of ether oxygens (including phenoxy) is 2. The molecule has 9 nitrogen and oxygen atoms in total. The van der Waals surface area contributed by atoms with E-state index in [0.717, 1.165) is 5.56 Å². The van der Waals surface area contributed by atoms with E-state index >= 15 is 0 Å². The van der Waals surface area contributed by atoms with Crippen LogP contribution >= 0.6 is 0 Å². The Bertz CT molecular complexity index is 790. The Morgan fingerprint density at radius 3 is 2.43 bits per heavy atom. The third kappa shape index (κ3) is 9.47. The van der Waals surface area contributed by atoms with Crippen molar-refractivity contribution in [3.05, 3.63) is 35.9 Å². The van der Waals surface area contributed by atoms with Gasteiger partial charge in [0.25, 0.3) is 0 Å². The van der Waals surface area contributed by atoms with Crippen LogP contribution in [0.3, 0.4) is 0 Å². The van der Waals surface area contributed by atoms with E-state index in [1.165, 1.54) is 13.8 Å². The fourth-order valence-electron chi connectivity index (χ4n) is 2.35. The Morgan fingerprint density at radius 2 is 1.86 bits per heavy atom. The number of hydrogen-bond acceptors (Lipinski definition) is 7. The predicted molar refractivity (Wildman–Crippen MR) is 104 cm³/mol. The molecule has 156 valence electrons. The summed E-state index contributed by atoms with van der Waals surface area (Å²) >= 11 is 0. The molecule has 1 rings (SSSR count). The molecule has 0 aliphatic rings. The van der Waals surface area contributed by atoms with Crippen LogP contribution in [0.5, 0.6) is 0 Å². The second-order valence-corrected chi connectivity index (χ2v) is 8.24. The van der Waals surface area contributed by atoms with E-state index in [2.05, 4.69) is 9.08 Å². The van der Waals surface area contributed by atoms with Gasteiger partial charge in [-0.3, -0.25) is 14.3 Å². The van der Waals surface area contributed by atoms with Gasteiger partial charge in [0.2, 0.25) is 5.91 Å². The maximum atomic E-state index is 12.9. The molecule has 0 aromatic heterocycles. The molecule has 3 N–H and O–H groups in total. The van der Waals surface area contributed by atoms with Crippen molar-refractivity contribution in [1.82, 2.24) is 4.72 Å². The molecule has 0 unspecified atom stereocenters. The van der Waals surface area contributed by atoms with E-state index in [0.29, 0.717) is 12.8 Å². The lowest BCUT2D eigenvalue weighted by Gasteiger charge is -2.17. The topological polar surface area (TPSA) is 137 Å². The van der Waals surface area contributed by atoms with Crippen molar-refractivity contribution < 1.29 is 28.1 Å². The van der Waals surface area contributed by atoms with Crippen molar-refractivity contribution in [2.45, 2.75) is 45.8 Å². The summed E-state index contributed by atoms with van der Waals surface area (Å²) in [6, 6.07) is 8.36. The summed E-state index contributed by atoms with van der Waals surface area (Å²) in [4.78, 5) is 34.3. The van der Waals surface area contributed by atoms with E-state index in [9.17, 15) is 18.6 Å². The summed E-state index contributed by atoms with van der Waals surface area (Å²) in [6.07, 6.45) is -0.834. The smallest absolute Gasteiger partial charge is 0.443 e. The van der Waals surface area contributed by atoms with Crippen molar-refractivity contribution in [3.63, 3.8) is 0 Å². The maximum Gasteiger partial charge on any atom is 0.443 e. The highest BCUT2D eigenvalue weighted by atomic mass is 32.2. The van der Waals surface area contributed by atoms with Crippen LogP contribution in [0.15, 0.2) is 34.7 Å². The van der Waals surface area contributed by atoms with Crippen molar-refractivity contribution in [2.75, 3.05) is 12.4 Å². The molecule has 0 bridgehead atoms. The molecule has 3 atom stereocenters. The predicted octanol–water partition coefficient (Wildman–Crippen LogP) is 2.07. The van der Waals surface area contributed by atoms with E-state index in [1.807, 2.05) is 6.07 Å². The summed E-state index contributed by atoms with van der Waals surface area (Å²) in [5, 5.41) is 0. The summed E-state index contributed by atoms with van der Waals surface area (Å²) < 4.78 is 28.7. The molecule has 0 radical (unpaired) electrons. The van der Waals surface area contributed by atoms with Gasteiger partial charge in [0, 0.05) is 19.9 Å². The number of hydrogen-bond donors (Lipinski definition) is 2. The average molecular weight is 413 g/mol. The molecule has 1 aromatic rings. The second-order valence-electron chi connectivity index (χ2n) is 6.24. The van der Waals surface area contributed by atoms with Crippen LogP contribution in [0, 0.1) is 0 Å². The van der Waals surface area contributed by atoms with Gasteiger partial charge in [-0.25, -0.2) is 9.00 Å². The minimum atomic E-state index is -3.45. The zero-order chi connectivity index (χ0) is 21.2. The molecular formula is C18H27N3O6S. The molecule has 10 heteroatoms. The Kier molecular flexibility index (Phi) is 9.60. The maximum absolute atomic E-state index is 12.9. The number of nitrogens with one attached hydrogen (secondary N) is 1. The van der Waals surface area contributed by atoms with Crippen LogP contribution in [0.25, 0.3) is 0 Å². The van der Waals surface area contributed by atoms with E-state index < -0.39 is 40.0 Å². The fourth-order valence-corrected chi connectivity index (χ4v) is 4.03. The first kappa shape index (κ1) is 23.6. The SMILES string of the molecule is CC(=O)N[S@@](=O)(C[C@@H](N)CCCOC(C)=O)=NC(=O)O[C@@H](C)c1ccccc1. The minimum absolute atomic E-state index is 0.179. The molecule has 0 saturated heterocycles. The molecule has 0 fully saturated rings. The summed E-state index contributed by atoms with van der Waals surface area (Å²) in [7, 11) is -3.45. The lowest BCUT2D eigenvalue weighted by atomic mass is 10.1. The van der Waals surface area contributed by atoms with Crippen molar-refractivity contribution in [1.29, 1.82) is 0 Å². The zero-order valence-corrected chi connectivity index (χ0v) is 17.1. The van der Waals surface area contributed by atoms with Crippen LogP contribution in [-0.2, 0) is 29.0 Å². The fraction of sp³-hybridized carbons (Fsp3) is 0.500. The molecule has 0 aliphatic heterocycles. The molecule has 28 heavy (non-hydrogen) atoms. The number of nitrogens with zero attached hydrogens (tertiary/aromatic N) is 1. The minimum Gasteiger partial charge on any atom is -0.466 e. The number of benzene rings is 1. The Balaban J connectivity index is 2.77. The monoisotopic (exact) mass is 413 g/mol. The molecule has 2 amide bonds. The zero-order valence-electron chi connectivity index (χ0n) is 16.3. The number of carbonyl (C=O) groups is 3. The van der Waals surface area contributed by atoms with Gasteiger partial charge in [0.05, 0.1) is 12.4 Å². The standard InChI is InChI=1S/C18H27N3O6S/c1-13(16-8-5-4-6-9-16)27-18(24)21-28(25,20-14(2)22)12-17(19)10-7-11-26-15(3)23/h4-6,8-9,13,17H,7,10-12,19H2,1-3H3,(H,20,21,22,24,25)/t13-,17-,28-/m0/s1. The number of nitrogens with two attached hydrogens (primary N) is 1. The highest BCUT2D eigenvalue weighted by Crippen LogP contribution is 2.17. The molecule has 0 aliphatic carbocycles. The van der Waals surface area contributed by atoms with Crippen molar-refractivity contribution in [3.8, 4) is 0 Å². The van der Waals surface area contributed by atoms with Crippen LogP contribution in [-0.4, -0.2) is 40.6 Å². The van der Waals surface area contributed by atoms with Crippen LogP contribution in [0.4, 0.5) is 4.79 Å². The first-order valence-electron chi connectivity index (χ1n) is 8.79. The third-order valence-corrected chi connectivity index (χ3v) is 5.47. The summed E-state index contributed by atoms with van der Waals surface area (Å²) in [5.41, 5.74) is 6.69. The lowest BCUT2D eigenvalue weighted by Crippen LogP contribution is -2.39. The molecular weight excluding hydrogens is 386 g/mol. The van der Waals surface area contributed by atoms with Gasteiger partial charge in [-0.1, -0.05) is 30.3 Å². The highest BCUT2D eigenvalue weighted by molar-refractivity contribution is 7.92. The number of esters is 1. The highest BCUT2D eigenvalue weighted by Gasteiger charge is 2.20. The summed E-state index contributed by atoms with van der Waals surface area (Å²) in [6.45, 7) is 4.30. The first-order chi connectivity index (χ1) is 13.1. The van der Waals surface area contributed by atoms with E-state index in [1.54, 1.807) is 31.2 Å². The van der Waals surface area contributed by atoms with Gasteiger partial charge in [-0.05, 0) is 25.3 Å². The van der Waals surface area contributed by atoms with Gasteiger partial charge in [-0.2, -0.15) is 0 Å². The normalized spacial score (nSPS) is 14.9. The Morgan fingerprint density at radius 1 is 1.21 bits per heavy atom. The quantitative estimate of drug-likeness (QED) is 0.467. The van der Waals surface area contributed by atoms with Crippen LogP contribution in [0.2, 0.25) is 0 Å². The second kappa shape index (κ2) is 11.4. The summed E-state index contributed by atoms with van der Waals surface area (Å²) in [5.74, 6) is -1.24. The van der Waals surface area contributed by atoms with Gasteiger partial charge in [0.1, 0.15) is 16.0 Å². The lowest BCUT2D eigenvalue weighted by molar-refractivity contribution is -0.141. The average Bonchev–Trinajstić information content (AvgIpc) is 2.58.